The molecule has 0 heterocycles. The molecule has 0 saturated carbocycles. The molecule has 0 radical (unpaired) electrons. The second-order valence-corrected chi connectivity index (χ2v) is 5.57. The van der Waals surface area contributed by atoms with Gasteiger partial charge in [-0.15, -0.1) is 0 Å². The van der Waals surface area contributed by atoms with E-state index in [-0.39, 0.29) is 0 Å². The van der Waals surface area contributed by atoms with Gasteiger partial charge < -0.3 is 15.2 Å². The molecular formula is C14H21Cl2NO2. The minimum absolute atomic E-state index is 0.337. The van der Waals surface area contributed by atoms with Crippen molar-refractivity contribution < 1.29 is 9.47 Å². The zero-order chi connectivity index (χ0) is 14.3. The Morgan fingerprint density at radius 1 is 1.16 bits per heavy atom. The summed E-state index contributed by atoms with van der Waals surface area (Å²) in [6.07, 6.45) is 1.05. The summed E-state index contributed by atoms with van der Waals surface area (Å²) in [7, 11) is 0. The van der Waals surface area contributed by atoms with E-state index in [1.807, 2.05) is 0 Å². The Kier molecular flexibility index (Phi) is 7.54. The fourth-order valence-electron chi connectivity index (χ4n) is 1.55. The zero-order valence-corrected chi connectivity index (χ0v) is 12.9. The number of rotatable bonds is 8. The van der Waals surface area contributed by atoms with E-state index in [1.54, 1.807) is 12.1 Å². The normalized spacial score (nSPS) is 11.1. The van der Waals surface area contributed by atoms with Crippen molar-refractivity contribution in [3.63, 3.8) is 0 Å². The lowest BCUT2D eigenvalue weighted by Gasteiger charge is -2.13. The van der Waals surface area contributed by atoms with Crippen LogP contribution in [0.25, 0.3) is 0 Å². The Balaban J connectivity index is 2.41. The second-order valence-electron chi connectivity index (χ2n) is 4.72. The van der Waals surface area contributed by atoms with Crippen molar-refractivity contribution in [2.45, 2.75) is 26.8 Å². The Labute approximate surface area is 125 Å². The van der Waals surface area contributed by atoms with Crippen molar-refractivity contribution in [2.75, 3.05) is 19.8 Å². The van der Waals surface area contributed by atoms with Crippen LogP contribution in [0.3, 0.4) is 0 Å². The fraction of sp³-hybridized carbons (Fsp3) is 0.571. The third-order valence-corrected chi connectivity index (χ3v) is 3.12. The van der Waals surface area contributed by atoms with Crippen LogP contribution in [0, 0.1) is 5.92 Å². The molecule has 2 N–H and O–H groups in total. The van der Waals surface area contributed by atoms with Crippen LogP contribution in [0.4, 0.5) is 0 Å². The monoisotopic (exact) mass is 305 g/mol. The average Bonchev–Trinajstić information content (AvgIpc) is 2.34. The smallest absolute Gasteiger partial charge is 0.142 e. The van der Waals surface area contributed by atoms with E-state index in [0.717, 1.165) is 18.6 Å². The summed E-state index contributed by atoms with van der Waals surface area (Å²) in [4.78, 5) is 0. The first-order valence-corrected chi connectivity index (χ1v) is 7.18. The van der Waals surface area contributed by atoms with Crippen LogP contribution in [-0.4, -0.2) is 19.8 Å². The first kappa shape index (κ1) is 16.6. The number of hydrogen-bond donors (Lipinski definition) is 1. The summed E-state index contributed by atoms with van der Waals surface area (Å²) in [5, 5.41) is 1.04. The molecule has 0 saturated heterocycles. The van der Waals surface area contributed by atoms with Gasteiger partial charge in [-0.3, -0.25) is 0 Å². The van der Waals surface area contributed by atoms with Gasteiger partial charge in [0.15, 0.2) is 0 Å². The van der Waals surface area contributed by atoms with E-state index in [0.29, 0.717) is 41.5 Å². The molecule has 1 aromatic carbocycles. The highest BCUT2D eigenvalue weighted by Gasteiger charge is 2.09. The molecule has 108 valence electrons. The van der Waals surface area contributed by atoms with E-state index < -0.39 is 0 Å². The second kappa shape index (κ2) is 8.64. The standard InChI is InChI=1S/C14H21Cl2NO2/c1-10(2)3-4-18-5-6-19-14-11(9-17)7-12(15)8-13(14)16/h7-8,10H,3-6,9,17H2,1-2H3. The lowest BCUT2D eigenvalue weighted by molar-refractivity contribution is 0.0923. The van der Waals surface area contributed by atoms with Gasteiger partial charge in [0.25, 0.3) is 0 Å². The zero-order valence-electron chi connectivity index (χ0n) is 11.4. The first-order valence-electron chi connectivity index (χ1n) is 6.43. The van der Waals surface area contributed by atoms with Crippen molar-refractivity contribution in [3.05, 3.63) is 27.7 Å². The molecule has 5 heteroatoms. The van der Waals surface area contributed by atoms with Crippen LogP contribution < -0.4 is 10.5 Å². The van der Waals surface area contributed by atoms with Gasteiger partial charge in [-0.25, -0.2) is 0 Å². The SMILES string of the molecule is CC(C)CCOCCOc1c(Cl)cc(Cl)cc1CN. The molecule has 0 aliphatic carbocycles. The molecule has 0 spiro atoms. The van der Waals surface area contributed by atoms with Gasteiger partial charge in [-0.1, -0.05) is 37.0 Å². The van der Waals surface area contributed by atoms with E-state index >= 15 is 0 Å². The van der Waals surface area contributed by atoms with Crippen molar-refractivity contribution in [1.29, 1.82) is 0 Å². The number of benzene rings is 1. The molecular weight excluding hydrogens is 285 g/mol. The Hall–Kier alpha value is -0.480. The molecule has 19 heavy (non-hydrogen) atoms. The minimum atomic E-state index is 0.337. The van der Waals surface area contributed by atoms with Gasteiger partial charge in [0.05, 0.1) is 11.6 Å². The minimum Gasteiger partial charge on any atom is -0.489 e. The topological polar surface area (TPSA) is 44.5 Å². The maximum absolute atomic E-state index is 6.09. The highest BCUT2D eigenvalue weighted by molar-refractivity contribution is 6.35. The van der Waals surface area contributed by atoms with E-state index in [9.17, 15) is 0 Å². The van der Waals surface area contributed by atoms with Gasteiger partial charge in [0.2, 0.25) is 0 Å². The lowest BCUT2D eigenvalue weighted by atomic mass is 10.1. The molecule has 0 aliphatic rings. The summed E-state index contributed by atoms with van der Waals surface area (Å²) in [5.74, 6) is 1.25. The van der Waals surface area contributed by atoms with Gasteiger partial charge in [0.1, 0.15) is 12.4 Å². The maximum Gasteiger partial charge on any atom is 0.142 e. The molecule has 0 unspecified atom stereocenters. The largest absolute Gasteiger partial charge is 0.489 e. The van der Waals surface area contributed by atoms with Gasteiger partial charge in [0, 0.05) is 23.7 Å². The van der Waals surface area contributed by atoms with Gasteiger partial charge in [-0.05, 0) is 24.5 Å². The van der Waals surface area contributed by atoms with E-state index in [4.69, 9.17) is 38.4 Å². The molecule has 0 atom stereocenters. The Morgan fingerprint density at radius 3 is 2.53 bits per heavy atom. The number of hydrogen-bond acceptors (Lipinski definition) is 3. The van der Waals surface area contributed by atoms with E-state index in [1.165, 1.54) is 0 Å². The van der Waals surface area contributed by atoms with Crippen molar-refractivity contribution >= 4 is 23.2 Å². The van der Waals surface area contributed by atoms with Crippen molar-refractivity contribution in [3.8, 4) is 5.75 Å². The maximum atomic E-state index is 6.09. The van der Waals surface area contributed by atoms with Gasteiger partial charge >= 0.3 is 0 Å². The van der Waals surface area contributed by atoms with Crippen LogP contribution in [0.1, 0.15) is 25.8 Å². The van der Waals surface area contributed by atoms with Crippen molar-refractivity contribution in [1.82, 2.24) is 0 Å². The average molecular weight is 306 g/mol. The molecule has 1 aromatic rings. The highest BCUT2D eigenvalue weighted by Crippen LogP contribution is 2.32. The number of ether oxygens (including phenoxy) is 2. The molecule has 0 aliphatic heterocycles. The predicted molar refractivity (Wildman–Crippen MR) is 80.1 cm³/mol. The van der Waals surface area contributed by atoms with Gasteiger partial charge in [-0.2, -0.15) is 0 Å². The summed E-state index contributed by atoms with van der Waals surface area (Å²) in [5.41, 5.74) is 6.45. The van der Waals surface area contributed by atoms with Crippen molar-refractivity contribution in [2.24, 2.45) is 11.7 Å². The highest BCUT2D eigenvalue weighted by atomic mass is 35.5. The molecule has 0 amide bonds. The molecule has 0 aromatic heterocycles. The van der Waals surface area contributed by atoms with Crippen LogP contribution in [0.15, 0.2) is 12.1 Å². The molecule has 0 fully saturated rings. The molecule has 0 bridgehead atoms. The Morgan fingerprint density at radius 2 is 1.89 bits per heavy atom. The van der Waals surface area contributed by atoms with Crippen LogP contribution in [-0.2, 0) is 11.3 Å². The third-order valence-electron chi connectivity index (χ3n) is 2.62. The van der Waals surface area contributed by atoms with Crippen LogP contribution >= 0.6 is 23.2 Å². The molecule has 1 rings (SSSR count). The van der Waals surface area contributed by atoms with E-state index in [2.05, 4.69) is 13.8 Å². The van der Waals surface area contributed by atoms with Crippen LogP contribution in [0.2, 0.25) is 10.0 Å². The summed E-state index contributed by atoms with van der Waals surface area (Å²) in [6, 6.07) is 3.42. The first-order chi connectivity index (χ1) is 9.04. The lowest BCUT2D eigenvalue weighted by Crippen LogP contribution is -2.10. The summed E-state index contributed by atoms with van der Waals surface area (Å²) < 4.78 is 11.1. The fourth-order valence-corrected chi connectivity index (χ4v) is 2.14. The Bertz CT molecular complexity index is 397. The van der Waals surface area contributed by atoms with Crippen LogP contribution in [0.5, 0.6) is 5.75 Å². The predicted octanol–water partition coefficient (Wildman–Crippen LogP) is 3.89. The number of halogens is 2. The third kappa shape index (κ3) is 6.00. The summed E-state index contributed by atoms with van der Waals surface area (Å²) >= 11 is 12.0. The number of nitrogens with two attached hydrogens (primary N) is 1. The summed E-state index contributed by atoms with van der Waals surface area (Å²) in [6.45, 7) is 6.41. The quantitative estimate of drug-likeness (QED) is 0.741. The molecule has 3 nitrogen and oxygen atoms in total.